The molecule has 4 aromatic rings. The number of aromatic nitrogens is 6. The number of H-pyrrole nitrogens is 1. The van der Waals surface area contributed by atoms with Gasteiger partial charge in [0.05, 0.1) is 22.8 Å². The zero-order chi connectivity index (χ0) is 18.1. The van der Waals surface area contributed by atoms with E-state index in [0.29, 0.717) is 5.82 Å². The van der Waals surface area contributed by atoms with Crippen molar-refractivity contribution in [3.8, 4) is 0 Å². The van der Waals surface area contributed by atoms with Gasteiger partial charge in [-0.2, -0.15) is 10.2 Å². The van der Waals surface area contributed by atoms with Gasteiger partial charge in [-0.05, 0) is 32.8 Å². The van der Waals surface area contributed by atoms with Crippen LogP contribution in [0.2, 0.25) is 0 Å². The van der Waals surface area contributed by atoms with Crippen molar-refractivity contribution in [1.29, 1.82) is 0 Å². The maximum absolute atomic E-state index is 4.69. The predicted octanol–water partition coefficient (Wildman–Crippen LogP) is 3.46. The first kappa shape index (κ1) is 16.3. The van der Waals surface area contributed by atoms with Gasteiger partial charge in [-0.15, -0.1) is 0 Å². The van der Waals surface area contributed by atoms with Gasteiger partial charge in [0.2, 0.25) is 0 Å². The van der Waals surface area contributed by atoms with E-state index >= 15 is 0 Å². The molecule has 7 heteroatoms. The Morgan fingerprint density at radius 2 is 1.85 bits per heavy atom. The number of anilines is 2. The van der Waals surface area contributed by atoms with Crippen molar-refractivity contribution < 1.29 is 0 Å². The molecule has 0 atom stereocenters. The zero-order valence-corrected chi connectivity index (χ0v) is 15.1. The highest BCUT2D eigenvalue weighted by molar-refractivity contribution is 5.88. The number of benzene rings is 1. The minimum Gasteiger partial charge on any atom is -0.335 e. The van der Waals surface area contributed by atoms with Crippen molar-refractivity contribution >= 4 is 22.5 Å². The molecule has 0 bridgehead atoms. The van der Waals surface area contributed by atoms with E-state index < -0.39 is 0 Å². The minimum absolute atomic E-state index is 0.688. The van der Waals surface area contributed by atoms with E-state index in [9.17, 15) is 0 Å². The van der Waals surface area contributed by atoms with E-state index in [4.69, 9.17) is 0 Å². The van der Waals surface area contributed by atoms with E-state index in [2.05, 4.69) is 61.8 Å². The van der Waals surface area contributed by atoms with Crippen molar-refractivity contribution in [1.82, 2.24) is 29.9 Å². The molecular formula is C19H21N7. The minimum atomic E-state index is 0.688. The molecule has 2 N–H and O–H groups in total. The fourth-order valence-corrected chi connectivity index (χ4v) is 3.14. The Hall–Kier alpha value is -3.22. The maximum atomic E-state index is 4.69. The highest BCUT2D eigenvalue weighted by atomic mass is 15.3. The average Bonchev–Trinajstić information content (AvgIpc) is 3.16. The second-order valence-electron chi connectivity index (χ2n) is 6.40. The summed E-state index contributed by atoms with van der Waals surface area (Å²) >= 11 is 0. The topological polar surface area (TPSA) is 84.3 Å². The molecule has 3 aromatic heterocycles. The molecule has 0 aliphatic heterocycles. The number of hydrogen-bond acceptors (Lipinski definition) is 5. The van der Waals surface area contributed by atoms with Crippen molar-refractivity contribution in [2.75, 3.05) is 5.32 Å². The van der Waals surface area contributed by atoms with Crippen molar-refractivity contribution in [2.45, 2.75) is 33.7 Å². The van der Waals surface area contributed by atoms with Crippen LogP contribution >= 0.6 is 0 Å². The molecule has 3 heterocycles. The van der Waals surface area contributed by atoms with Crippen molar-refractivity contribution in [3.05, 3.63) is 59.3 Å². The molecule has 26 heavy (non-hydrogen) atoms. The third-order valence-corrected chi connectivity index (χ3v) is 4.59. The summed E-state index contributed by atoms with van der Waals surface area (Å²) in [5.41, 5.74) is 6.79. The Morgan fingerprint density at radius 1 is 1.04 bits per heavy atom. The fraction of sp³-hybridized carbons (Fsp3) is 0.263. The molecule has 0 saturated heterocycles. The molecule has 0 spiro atoms. The van der Waals surface area contributed by atoms with Gasteiger partial charge < -0.3 is 5.32 Å². The molecule has 0 aliphatic carbocycles. The van der Waals surface area contributed by atoms with Crippen LogP contribution in [-0.2, 0) is 13.0 Å². The normalized spacial score (nSPS) is 11.2. The third-order valence-electron chi connectivity index (χ3n) is 4.59. The summed E-state index contributed by atoms with van der Waals surface area (Å²) in [6.45, 7) is 6.85. The van der Waals surface area contributed by atoms with Crippen LogP contribution in [0.1, 0.15) is 22.6 Å². The van der Waals surface area contributed by atoms with Crippen LogP contribution in [0.4, 0.5) is 11.5 Å². The van der Waals surface area contributed by atoms with Crippen LogP contribution in [0.5, 0.6) is 0 Å². The predicted molar refractivity (Wildman–Crippen MR) is 102 cm³/mol. The molecule has 4 rings (SSSR count). The summed E-state index contributed by atoms with van der Waals surface area (Å²) in [6, 6.07) is 10.4. The molecular weight excluding hydrogens is 326 g/mol. The lowest BCUT2D eigenvalue weighted by atomic mass is 10.1. The third kappa shape index (κ3) is 2.92. The van der Waals surface area contributed by atoms with Crippen LogP contribution in [0.25, 0.3) is 11.0 Å². The summed E-state index contributed by atoms with van der Waals surface area (Å²) in [5.74, 6) is 0.688. The molecule has 0 amide bonds. The summed E-state index contributed by atoms with van der Waals surface area (Å²) in [7, 11) is 0. The van der Waals surface area contributed by atoms with Crippen molar-refractivity contribution in [3.63, 3.8) is 0 Å². The first-order chi connectivity index (χ1) is 12.6. The van der Waals surface area contributed by atoms with Crippen molar-refractivity contribution in [2.24, 2.45) is 0 Å². The van der Waals surface area contributed by atoms with Gasteiger partial charge in [0.1, 0.15) is 11.8 Å². The van der Waals surface area contributed by atoms with E-state index in [1.54, 1.807) is 6.33 Å². The molecule has 0 aliphatic rings. The zero-order valence-electron chi connectivity index (χ0n) is 15.1. The Kier molecular flexibility index (Phi) is 4.12. The van der Waals surface area contributed by atoms with Gasteiger partial charge >= 0.3 is 0 Å². The molecule has 0 radical (unpaired) electrons. The molecule has 1 aromatic carbocycles. The van der Waals surface area contributed by atoms with Gasteiger partial charge in [0, 0.05) is 6.54 Å². The van der Waals surface area contributed by atoms with E-state index in [0.717, 1.165) is 46.8 Å². The summed E-state index contributed by atoms with van der Waals surface area (Å²) in [5, 5.41) is 15.4. The van der Waals surface area contributed by atoms with Crippen LogP contribution in [0.15, 0.2) is 36.7 Å². The van der Waals surface area contributed by atoms with Gasteiger partial charge in [0.15, 0.2) is 11.3 Å². The van der Waals surface area contributed by atoms with Gasteiger partial charge in [0.25, 0.3) is 0 Å². The SMILES string of the molecule is Cc1nn(CCc2ccccc2)c(C)c1Nc1ncnc2c(C)[nH]nc12. The summed E-state index contributed by atoms with van der Waals surface area (Å²) < 4.78 is 2.04. The van der Waals surface area contributed by atoms with E-state index in [1.807, 2.05) is 24.6 Å². The fourth-order valence-electron chi connectivity index (χ4n) is 3.14. The number of fused-ring (bicyclic) bond motifs is 1. The Labute approximate surface area is 151 Å². The number of nitrogens with one attached hydrogen (secondary N) is 2. The number of rotatable bonds is 5. The molecule has 132 valence electrons. The lowest BCUT2D eigenvalue weighted by Crippen LogP contribution is -2.05. The summed E-state index contributed by atoms with van der Waals surface area (Å²) in [6.07, 6.45) is 2.50. The molecule has 0 fully saturated rings. The highest BCUT2D eigenvalue weighted by Crippen LogP contribution is 2.27. The van der Waals surface area contributed by atoms with Crippen LogP contribution in [-0.4, -0.2) is 29.9 Å². The molecule has 0 unspecified atom stereocenters. The standard InChI is InChI=1S/C19H21N7/c1-12-17-18(24-23-12)19(21-11-20-17)22-16-13(2)25-26(14(16)3)10-9-15-7-5-4-6-8-15/h4-8,11H,9-10H2,1-3H3,(H,23,24)(H,20,21,22). The molecule has 7 nitrogen and oxygen atoms in total. The van der Waals surface area contributed by atoms with Crippen LogP contribution < -0.4 is 5.32 Å². The first-order valence-electron chi connectivity index (χ1n) is 8.64. The summed E-state index contributed by atoms with van der Waals surface area (Å²) in [4.78, 5) is 8.65. The Morgan fingerprint density at radius 3 is 2.65 bits per heavy atom. The second kappa shape index (κ2) is 6.59. The average molecular weight is 347 g/mol. The first-order valence-corrected chi connectivity index (χ1v) is 8.64. The Bertz CT molecular complexity index is 1050. The lowest BCUT2D eigenvalue weighted by molar-refractivity contribution is 0.594. The van der Waals surface area contributed by atoms with Gasteiger partial charge in [-0.3, -0.25) is 9.78 Å². The monoisotopic (exact) mass is 347 g/mol. The Balaban J connectivity index is 1.60. The second-order valence-corrected chi connectivity index (χ2v) is 6.40. The van der Waals surface area contributed by atoms with Gasteiger partial charge in [-0.1, -0.05) is 30.3 Å². The van der Waals surface area contributed by atoms with E-state index in [1.165, 1.54) is 5.56 Å². The quantitative estimate of drug-likeness (QED) is 0.577. The number of nitrogens with zero attached hydrogens (tertiary/aromatic N) is 5. The van der Waals surface area contributed by atoms with Crippen LogP contribution in [0, 0.1) is 20.8 Å². The number of hydrogen-bond donors (Lipinski definition) is 2. The lowest BCUT2D eigenvalue weighted by Gasteiger charge is -2.08. The molecule has 0 saturated carbocycles. The van der Waals surface area contributed by atoms with Crippen LogP contribution in [0.3, 0.4) is 0 Å². The maximum Gasteiger partial charge on any atom is 0.162 e. The largest absolute Gasteiger partial charge is 0.335 e. The number of aromatic amines is 1. The smallest absolute Gasteiger partial charge is 0.162 e. The number of aryl methyl sites for hydroxylation is 4. The van der Waals surface area contributed by atoms with E-state index in [-0.39, 0.29) is 0 Å². The highest BCUT2D eigenvalue weighted by Gasteiger charge is 2.15. The van der Waals surface area contributed by atoms with Gasteiger partial charge in [-0.25, -0.2) is 9.97 Å².